The summed E-state index contributed by atoms with van der Waals surface area (Å²) < 4.78 is 0. The molecule has 2 amide bonds. The highest BCUT2D eigenvalue weighted by molar-refractivity contribution is 5.93. The maximum atomic E-state index is 12.4. The minimum Gasteiger partial charge on any atom is -0.342 e. The van der Waals surface area contributed by atoms with Crippen molar-refractivity contribution in [1.29, 1.82) is 0 Å². The van der Waals surface area contributed by atoms with Crippen molar-refractivity contribution in [2.24, 2.45) is 11.8 Å². The summed E-state index contributed by atoms with van der Waals surface area (Å²) in [6.07, 6.45) is 7.78. The lowest BCUT2D eigenvalue weighted by Crippen LogP contribution is -2.44. The summed E-state index contributed by atoms with van der Waals surface area (Å²) in [5.41, 5.74) is 0.618. The molecule has 1 aliphatic heterocycles. The van der Waals surface area contributed by atoms with Crippen LogP contribution in [0.2, 0.25) is 0 Å². The fraction of sp³-hybridized carbons (Fsp3) is 0.625. The number of carbonyl (C=O) groups is 2. The van der Waals surface area contributed by atoms with E-state index < -0.39 is 0 Å². The molecule has 0 bridgehead atoms. The van der Waals surface area contributed by atoms with Gasteiger partial charge in [-0.2, -0.15) is 0 Å². The average Bonchev–Trinajstić information content (AvgIpc) is 3.40. The topological polar surface area (TPSA) is 75.2 Å². The van der Waals surface area contributed by atoms with Crippen LogP contribution in [0.3, 0.4) is 0 Å². The molecular formula is C16H22N4O2. The third-order valence-electron chi connectivity index (χ3n) is 4.32. The van der Waals surface area contributed by atoms with E-state index >= 15 is 0 Å². The minimum atomic E-state index is -0.137. The zero-order valence-corrected chi connectivity index (χ0v) is 12.9. The van der Waals surface area contributed by atoms with Gasteiger partial charge in [0.05, 0.1) is 24.0 Å². The normalized spacial score (nSPS) is 21.5. The third-order valence-corrected chi connectivity index (χ3v) is 4.32. The van der Waals surface area contributed by atoms with Crippen LogP contribution in [0.15, 0.2) is 12.4 Å². The van der Waals surface area contributed by atoms with Crippen molar-refractivity contribution in [2.75, 3.05) is 18.4 Å². The summed E-state index contributed by atoms with van der Waals surface area (Å²) in [6.45, 7) is 3.31. The number of rotatable bonds is 4. The van der Waals surface area contributed by atoms with Gasteiger partial charge in [-0.15, -0.1) is 0 Å². The number of hydrogen-bond donors (Lipinski definition) is 1. The highest BCUT2D eigenvalue weighted by atomic mass is 16.2. The molecule has 2 aliphatic rings. The molecule has 118 valence electrons. The van der Waals surface area contributed by atoms with Crippen LogP contribution < -0.4 is 5.32 Å². The lowest BCUT2D eigenvalue weighted by molar-refractivity contribution is -0.135. The number of amides is 2. The van der Waals surface area contributed by atoms with Crippen LogP contribution in [-0.2, 0) is 16.0 Å². The van der Waals surface area contributed by atoms with Gasteiger partial charge in [-0.25, -0.2) is 9.97 Å². The van der Waals surface area contributed by atoms with Gasteiger partial charge in [0.2, 0.25) is 11.8 Å². The number of aryl methyl sites for hydroxylation is 1. The Kier molecular flexibility index (Phi) is 4.36. The second-order valence-electron chi connectivity index (χ2n) is 6.13. The van der Waals surface area contributed by atoms with Crippen LogP contribution in [0.5, 0.6) is 0 Å². The summed E-state index contributed by atoms with van der Waals surface area (Å²) in [4.78, 5) is 34.7. The molecule has 2 heterocycles. The molecule has 1 saturated carbocycles. The van der Waals surface area contributed by atoms with E-state index in [1.807, 2.05) is 11.8 Å². The predicted octanol–water partition coefficient (Wildman–Crippen LogP) is 1.63. The zero-order chi connectivity index (χ0) is 15.5. The van der Waals surface area contributed by atoms with E-state index in [0.29, 0.717) is 12.2 Å². The van der Waals surface area contributed by atoms with Gasteiger partial charge in [0.1, 0.15) is 5.82 Å². The Bertz CT molecular complexity index is 554. The largest absolute Gasteiger partial charge is 0.342 e. The van der Waals surface area contributed by atoms with Crippen LogP contribution in [0.25, 0.3) is 0 Å². The predicted molar refractivity (Wildman–Crippen MR) is 82.1 cm³/mol. The fourth-order valence-electron chi connectivity index (χ4n) is 2.83. The van der Waals surface area contributed by atoms with Crippen molar-refractivity contribution in [3.63, 3.8) is 0 Å². The van der Waals surface area contributed by atoms with Crippen LogP contribution in [0.1, 0.15) is 38.4 Å². The van der Waals surface area contributed by atoms with E-state index in [2.05, 4.69) is 15.3 Å². The van der Waals surface area contributed by atoms with E-state index in [9.17, 15) is 9.59 Å². The summed E-state index contributed by atoms with van der Waals surface area (Å²) in [5, 5.41) is 2.87. The lowest BCUT2D eigenvalue weighted by atomic mass is 9.96. The van der Waals surface area contributed by atoms with E-state index in [4.69, 9.17) is 0 Å². The van der Waals surface area contributed by atoms with Crippen molar-refractivity contribution < 1.29 is 9.59 Å². The van der Waals surface area contributed by atoms with Crippen molar-refractivity contribution in [1.82, 2.24) is 14.9 Å². The molecule has 3 rings (SSSR count). The first-order valence-corrected chi connectivity index (χ1v) is 8.08. The van der Waals surface area contributed by atoms with Gasteiger partial charge in [-0.3, -0.25) is 9.59 Å². The first kappa shape index (κ1) is 14.9. The van der Waals surface area contributed by atoms with Gasteiger partial charge in [-0.05, 0) is 25.7 Å². The monoisotopic (exact) mass is 302 g/mol. The van der Waals surface area contributed by atoms with Gasteiger partial charge in [-0.1, -0.05) is 6.92 Å². The first-order chi connectivity index (χ1) is 10.7. The molecule has 22 heavy (non-hydrogen) atoms. The summed E-state index contributed by atoms with van der Waals surface area (Å²) in [5.74, 6) is 1.03. The molecule has 1 aromatic rings. The molecule has 0 aromatic carbocycles. The highest BCUT2D eigenvalue weighted by Crippen LogP contribution is 2.32. The van der Waals surface area contributed by atoms with E-state index in [-0.39, 0.29) is 23.7 Å². The quantitative estimate of drug-likeness (QED) is 0.917. The number of anilines is 1. The molecule has 1 atom stereocenters. The van der Waals surface area contributed by atoms with E-state index in [1.165, 1.54) is 0 Å². The molecule has 0 radical (unpaired) electrons. The molecule has 2 fully saturated rings. The van der Waals surface area contributed by atoms with Crippen LogP contribution in [0, 0.1) is 11.8 Å². The van der Waals surface area contributed by atoms with E-state index in [0.717, 1.165) is 44.5 Å². The van der Waals surface area contributed by atoms with Crippen LogP contribution in [0.4, 0.5) is 5.69 Å². The standard InChI is InChI=1S/C16H22N4O2/c1-2-14-17-8-13(9-18-14)19-15(21)12-4-3-7-20(10-12)16(22)11-5-6-11/h8-9,11-12H,2-7,10H2,1H3,(H,19,21). The van der Waals surface area contributed by atoms with Gasteiger partial charge in [0, 0.05) is 25.4 Å². The van der Waals surface area contributed by atoms with Gasteiger partial charge >= 0.3 is 0 Å². The minimum absolute atomic E-state index is 0.0406. The second-order valence-corrected chi connectivity index (χ2v) is 6.13. The molecule has 6 nitrogen and oxygen atoms in total. The number of hydrogen-bond acceptors (Lipinski definition) is 4. The molecule has 1 aromatic heterocycles. The maximum Gasteiger partial charge on any atom is 0.229 e. The SMILES string of the molecule is CCc1ncc(NC(=O)C2CCCN(C(=O)C3CC3)C2)cn1. The fourth-order valence-corrected chi connectivity index (χ4v) is 2.83. The first-order valence-electron chi connectivity index (χ1n) is 8.08. The Morgan fingerprint density at radius 3 is 2.59 bits per heavy atom. The van der Waals surface area contributed by atoms with Gasteiger partial charge < -0.3 is 10.2 Å². The Morgan fingerprint density at radius 1 is 1.23 bits per heavy atom. The molecule has 0 spiro atoms. The van der Waals surface area contributed by atoms with Crippen molar-refractivity contribution >= 4 is 17.5 Å². The van der Waals surface area contributed by atoms with Gasteiger partial charge in [0.25, 0.3) is 0 Å². The van der Waals surface area contributed by atoms with E-state index in [1.54, 1.807) is 12.4 Å². The van der Waals surface area contributed by atoms with Gasteiger partial charge in [0.15, 0.2) is 0 Å². The number of nitrogens with zero attached hydrogens (tertiary/aromatic N) is 3. The Hall–Kier alpha value is -1.98. The lowest BCUT2D eigenvalue weighted by Gasteiger charge is -2.32. The Morgan fingerprint density at radius 2 is 1.95 bits per heavy atom. The van der Waals surface area contributed by atoms with Crippen LogP contribution in [-0.4, -0.2) is 39.8 Å². The number of likely N-dealkylation sites (tertiary alicyclic amines) is 1. The van der Waals surface area contributed by atoms with Crippen molar-refractivity contribution in [2.45, 2.75) is 39.0 Å². The van der Waals surface area contributed by atoms with Crippen molar-refractivity contribution in [3.8, 4) is 0 Å². The number of aromatic nitrogens is 2. The molecule has 1 aliphatic carbocycles. The summed E-state index contributed by atoms with van der Waals surface area (Å²) in [7, 11) is 0. The second kappa shape index (κ2) is 6.42. The Labute approximate surface area is 130 Å². The number of nitrogens with one attached hydrogen (secondary N) is 1. The molecule has 1 saturated heterocycles. The molecular weight excluding hydrogens is 280 g/mol. The summed E-state index contributed by atoms with van der Waals surface area (Å²) >= 11 is 0. The third kappa shape index (κ3) is 3.43. The molecule has 1 N–H and O–H groups in total. The highest BCUT2D eigenvalue weighted by Gasteiger charge is 2.36. The number of carbonyl (C=O) groups excluding carboxylic acids is 2. The average molecular weight is 302 g/mol. The maximum absolute atomic E-state index is 12.4. The number of piperidine rings is 1. The molecule has 6 heteroatoms. The zero-order valence-electron chi connectivity index (χ0n) is 12.9. The molecule has 1 unspecified atom stereocenters. The smallest absolute Gasteiger partial charge is 0.229 e. The van der Waals surface area contributed by atoms with Crippen molar-refractivity contribution in [3.05, 3.63) is 18.2 Å². The Balaban J connectivity index is 1.57. The van der Waals surface area contributed by atoms with Crippen LogP contribution >= 0.6 is 0 Å². The summed E-state index contributed by atoms with van der Waals surface area (Å²) in [6, 6.07) is 0.